The smallest absolute Gasteiger partial charge is 0.328 e. The average molecular weight is 302 g/mol. The van der Waals surface area contributed by atoms with E-state index in [0.717, 1.165) is 12.5 Å². The maximum atomic E-state index is 12.1. The van der Waals surface area contributed by atoms with Crippen LogP contribution in [0.15, 0.2) is 41.9 Å². The quantitative estimate of drug-likeness (QED) is 0.802. The molecule has 2 aromatic heterocycles. The maximum Gasteiger partial charge on any atom is 0.328 e. The lowest BCUT2D eigenvalue weighted by molar-refractivity contribution is -0.131. The predicted molar refractivity (Wildman–Crippen MR) is 81.3 cm³/mol. The summed E-state index contributed by atoms with van der Waals surface area (Å²) in [6, 6.07) is 7.29. The van der Waals surface area contributed by atoms with Crippen LogP contribution >= 0.6 is 11.3 Å². The molecule has 0 aliphatic rings. The van der Waals surface area contributed by atoms with Crippen LogP contribution < -0.4 is 5.32 Å². The van der Waals surface area contributed by atoms with E-state index in [0.29, 0.717) is 12.1 Å². The van der Waals surface area contributed by atoms with Gasteiger partial charge in [-0.3, -0.25) is 9.78 Å². The molecule has 0 spiro atoms. The van der Waals surface area contributed by atoms with Crippen LogP contribution in [0.4, 0.5) is 0 Å². The van der Waals surface area contributed by atoms with Crippen LogP contribution in [0, 0.1) is 0 Å². The number of hydrogen-bond acceptors (Lipinski definition) is 4. The lowest BCUT2D eigenvalue weighted by Gasteiger charge is -2.06. The molecule has 0 atom stereocenters. The summed E-state index contributed by atoms with van der Waals surface area (Å²) < 4.78 is 0. The van der Waals surface area contributed by atoms with E-state index in [1.807, 2.05) is 17.5 Å². The summed E-state index contributed by atoms with van der Waals surface area (Å²) in [4.78, 5) is 27.9. The molecule has 6 heteroatoms. The topological polar surface area (TPSA) is 79.3 Å². The molecule has 0 unspecified atom stereocenters. The first-order chi connectivity index (χ1) is 10.2. The summed E-state index contributed by atoms with van der Waals surface area (Å²) in [7, 11) is 0. The molecule has 0 bridgehead atoms. The van der Waals surface area contributed by atoms with Gasteiger partial charge in [-0.25, -0.2) is 4.79 Å². The van der Waals surface area contributed by atoms with E-state index < -0.39 is 5.97 Å². The molecule has 21 heavy (non-hydrogen) atoms. The van der Waals surface area contributed by atoms with E-state index in [9.17, 15) is 9.59 Å². The molecule has 5 nitrogen and oxygen atoms in total. The number of carbonyl (C=O) groups is 2. The molecule has 108 valence electrons. The van der Waals surface area contributed by atoms with E-state index in [-0.39, 0.29) is 11.6 Å². The molecular weight excluding hydrogens is 288 g/mol. The third kappa shape index (κ3) is 4.54. The first kappa shape index (κ1) is 14.9. The van der Waals surface area contributed by atoms with Gasteiger partial charge < -0.3 is 10.4 Å². The Hall–Kier alpha value is -2.47. The fourth-order valence-corrected chi connectivity index (χ4v) is 2.45. The van der Waals surface area contributed by atoms with Gasteiger partial charge in [0.1, 0.15) is 5.69 Å². The highest BCUT2D eigenvalue weighted by Crippen LogP contribution is 2.10. The van der Waals surface area contributed by atoms with Gasteiger partial charge in [0.25, 0.3) is 5.91 Å². The fourth-order valence-electron chi connectivity index (χ4n) is 1.74. The predicted octanol–water partition coefficient (Wildman–Crippen LogP) is 2.21. The zero-order chi connectivity index (χ0) is 15.1. The molecule has 0 saturated carbocycles. The number of amides is 1. The summed E-state index contributed by atoms with van der Waals surface area (Å²) >= 11 is 1.64. The van der Waals surface area contributed by atoms with Crippen LogP contribution in [-0.4, -0.2) is 28.5 Å². The van der Waals surface area contributed by atoms with Crippen molar-refractivity contribution in [2.75, 3.05) is 6.54 Å². The van der Waals surface area contributed by atoms with E-state index in [4.69, 9.17) is 5.11 Å². The van der Waals surface area contributed by atoms with Crippen LogP contribution in [0.25, 0.3) is 6.08 Å². The standard InChI is InChI=1S/C15H14N2O3S/c18-13(19)6-5-11-3-1-8-16-14(11)15(20)17-9-7-12-4-2-10-21-12/h1-6,8,10H,7,9H2,(H,17,20)(H,18,19)/b6-5+. The molecular formula is C15H14N2O3S. The second-order valence-corrected chi connectivity index (χ2v) is 5.23. The third-order valence-corrected chi connectivity index (χ3v) is 3.63. The number of rotatable bonds is 6. The van der Waals surface area contributed by atoms with Gasteiger partial charge in [0.05, 0.1) is 0 Å². The monoisotopic (exact) mass is 302 g/mol. The second-order valence-electron chi connectivity index (χ2n) is 4.20. The molecule has 0 saturated heterocycles. The first-order valence-electron chi connectivity index (χ1n) is 6.33. The lowest BCUT2D eigenvalue weighted by Crippen LogP contribution is -2.27. The van der Waals surface area contributed by atoms with Crippen molar-refractivity contribution < 1.29 is 14.7 Å². The number of carboxylic acid groups (broad SMARTS) is 1. The van der Waals surface area contributed by atoms with Gasteiger partial charge in [-0.2, -0.15) is 0 Å². The Morgan fingerprint density at radius 1 is 1.33 bits per heavy atom. The SMILES string of the molecule is O=C(O)/C=C/c1cccnc1C(=O)NCCc1cccs1. The fraction of sp³-hybridized carbons (Fsp3) is 0.133. The van der Waals surface area contributed by atoms with Gasteiger partial charge in [-0.1, -0.05) is 12.1 Å². The van der Waals surface area contributed by atoms with Crippen LogP contribution in [-0.2, 0) is 11.2 Å². The molecule has 1 amide bonds. The minimum Gasteiger partial charge on any atom is -0.478 e. The van der Waals surface area contributed by atoms with Crippen LogP contribution in [0.1, 0.15) is 20.9 Å². The number of aromatic nitrogens is 1. The number of carbonyl (C=O) groups excluding carboxylic acids is 1. The van der Waals surface area contributed by atoms with Crippen LogP contribution in [0.2, 0.25) is 0 Å². The highest BCUT2D eigenvalue weighted by molar-refractivity contribution is 7.09. The van der Waals surface area contributed by atoms with Crippen molar-refractivity contribution in [3.05, 3.63) is 58.1 Å². The summed E-state index contributed by atoms with van der Waals surface area (Å²) in [5.41, 5.74) is 0.703. The van der Waals surface area contributed by atoms with E-state index >= 15 is 0 Å². The Kier molecular flexibility index (Phi) is 5.22. The molecule has 0 aliphatic heterocycles. The molecule has 0 aromatic carbocycles. The molecule has 2 rings (SSSR count). The molecule has 0 radical (unpaired) electrons. The Morgan fingerprint density at radius 3 is 2.90 bits per heavy atom. The zero-order valence-corrected chi connectivity index (χ0v) is 12.0. The Balaban J connectivity index is 2.00. The highest BCUT2D eigenvalue weighted by atomic mass is 32.1. The second kappa shape index (κ2) is 7.35. The van der Waals surface area contributed by atoms with Gasteiger partial charge in [-0.15, -0.1) is 11.3 Å². The van der Waals surface area contributed by atoms with Crippen molar-refractivity contribution in [2.45, 2.75) is 6.42 Å². The van der Waals surface area contributed by atoms with E-state index in [1.165, 1.54) is 17.2 Å². The number of thiophene rings is 1. The summed E-state index contributed by atoms with van der Waals surface area (Å²) in [5, 5.41) is 13.4. The molecule has 2 aromatic rings. The van der Waals surface area contributed by atoms with Crippen molar-refractivity contribution in [1.82, 2.24) is 10.3 Å². The minimum absolute atomic E-state index is 0.223. The van der Waals surface area contributed by atoms with Gasteiger partial charge in [0.15, 0.2) is 0 Å². The molecule has 0 aliphatic carbocycles. The summed E-state index contributed by atoms with van der Waals surface area (Å²) in [6.45, 7) is 0.512. The van der Waals surface area contributed by atoms with Crippen LogP contribution in [0.5, 0.6) is 0 Å². The Bertz CT molecular complexity index is 651. The largest absolute Gasteiger partial charge is 0.478 e. The van der Waals surface area contributed by atoms with Gasteiger partial charge in [0.2, 0.25) is 0 Å². The van der Waals surface area contributed by atoms with E-state index in [2.05, 4.69) is 10.3 Å². The maximum absolute atomic E-state index is 12.1. The van der Waals surface area contributed by atoms with Crippen LogP contribution in [0.3, 0.4) is 0 Å². The van der Waals surface area contributed by atoms with Crippen molar-refractivity contribution in [2.24, 2.45) is 0 Å². The highest BCUT2D eigenvalue weighted by Gasteiger charge is 2.10. The average Bonchev–Trinajstić information content (AvgIpc) is 2.98. The first-order valence-corrected chi connectivity index (χ1v) is 7.21. The number of nitrogens with one attached hydrogen (secondary N) is 1. The number of hydrogen-bond donors (Lipinski definition) is 2. The van der Waals surface area contributed by atoms with Crippen molar-refractivity contribution in [3.8, 4) is 0 Å². The number of nitrogens with zero attached hydrogens (tertiary/aromatic N) is 1. The molecule has 2 N–H and O–H groups in total. The number of pyridine rings is 1. The summed E-state index contributed by atoms with van der Waals surface area (Å²) in [5.74, 6) is -1.37. The number of aliphatic carboxylic acids is 1. The zero-order valence-electron chi connectivity index (χ0n) is 11.2. The van der Waals surface area contributed by atoms with Gasteiger partial charge in [-0.05, 0) is 30.0 Å². The van der Waals surface area contributed by atoms with Gasteiger partial charge in [0, 0.05) is 29.3 Å². The normalized spacial score (nSPS) is 10.7. The van der Waals surface area contributed by atoms with E-state index in [1.54, 1.807) is 23.5 Å². The molecule has 0 fully saturated rings. The number of carboxylic acids is 1. The van der Waals surface area contributed by atoms with Crippen molar-refractivity contribution in [1.29, 1.82) is 0 Å². The third-order valence-electron chi connectivity index (χ3n) is 2.70. The minimum atomic E-state index is -1.07. The van der Waals surface area contributed by atoms with Crippen molar-refractivity contribution >= 4 is 29.3 Å². The molecule has 2 heterocycles. The lowest BCUT2D eigenvalue weighted by atomic mass is 10.1. The van der Waals surface area contributed by atoms with Crippen molar-refractivity contribution in [3.63, 3.8) is 0 Å². The Morgan fingerprint density at radius 2 is 2.19 bits per heavy atom. The van der Waals surface area contributed by atoms with Gasteiger partial charge >= 0.3 is 5.97 Å². The Labute approximate surface area is 126 Å². The summed E-state index contributed by atoms with van der Waals surface area (Å²) in [6.07, 6.45) is 4.62.